The lowest BCUT2D eigenvalue weighted by atomic mass is 9.96. The van der Waals surface area contributed by atoms with Crippen LogP contribution in [0.15, 0.2) is 12.1 Å². The van der Waals surface area contributed by atoms with Crippen LogP contribution in [0.4, 0.5) is 0 Å². The van der Waals surface area contributed by atoms with Crippen molar-refractivity contribution in [3.63, 3.8) is 0 Å². The van der Waals surface area contributed by atoms with Crippen LogP contribution < -0.4 is 4.50 Å². The maximum absolute atomic E-state index is 3.85. The molecule has 0 aliphatic rings. The van der Waals surface area contributed by atoms with Gasteiger partial charge in [-0.05, 0) is 65.9 Å². The standard InChI is InChI=1S/C40H60S2Si/c1-12-16-18-19-21-33(15-4)23-24-34-36-26-31(11)41-39(36)35(25-22-32(14-3)20-17-13-2)37-27-38(42-40(34)37)43(28(5)6,29(7)8)30(9)10/h26-30,32-33H,12-21H2,1-11H3. The van der Waals surface area contributed by atoms with E-state index in [2.05, 4.69) is 123 Å². The Bertz CT molecular complexity index is 1420. The van der Waals surface area contributed by atoms with Crippen LogP contribution in [-0.4, -0.2) is 8.07 Å². The summed E-state index contributed by atoms with van der Waals surface area (Å²) < 4.78 is 4.42. The van der Waals surface area contributed by atoms with Gasteiger partial charge in [-0.25, -0.2) is 0 Å². The van der Waals surface area contributed by atoms with E-state index in [1.54, 1.807) is 4.50 Å². The Morgan fingerprint density at radius 1 is 0.628 bits per heavy atom. The van der Waals surface area contributed by atoms with Gasteiger partial charge in [0.1, 0.15) is 8.07 Å². The van der Waals surface area contributed by atoms with Gasteiger partial charge in [-0.15, -0.1) is 22.7 Å². The number of fused-ring (bicyclic) bond motifs is 2. The molecule has 0 aliphatic carbocycles. The first kappa shape index (κ1) is 36.0. The minimum absolute atomic E-state index is 0.470. The second-order valence-corrected chi connectivity index (χ2v) is 22.4. The second-order valence-electron chi connectivity index (χ2n) is 13.8. The highest BCUT2D eigenvalue weighted by molar-refractivity contribution is 7.32. The van der Waals surface area contributed by atoms with E-state index >= 15 is 0 Å². The third kappa shape index (κ3) is 8.01. The van der Waals surface area contributed by atoms with Crippen LogP contribution >= 0.6 is 22.7 Å². The molecule has 0 bridgehead atoms. The number of thiophene rings is 2. The van der Waals surface area contributed by atoms with Crippen LogP contribution in [0, 0.1) is 42.4 Å². The molecule has 0 nitrogen and oxygen atoms in total. The molecule has 3 aromatic rings. The molecule has 43 heavy (non-hydrogen) atoms. The lowest BCUT2D eigenvalue weighted by Gasteiger charge is -2.42. The largest absolute Gasteiger partial charge is 0.144 e. The third-order valence-corrected chi connectivity index (χ3v) is 20.1. The topological polar surface area (TPSA) is 0 Å². The van der Waals surface area contributed by atoms with Crippen molar-refractivity contribution in [3.05, 3.63) is 28.1 Å². The number of benzene rings is 1. The molecule has 0 fully saturated rings. The van der Waals surface area contributed by atoms with Gasteiger partial charge in [0.2, 0.25) is 0 Å². The van der Waals surface area contributed by atoms with E-state index < -0.39 is 8.07 Å². The van der Waals surface area contributed by atoms with Crippen LogP contribution in [0.1, 0.15) is 149 Å². The Morgan fingerprint density at radius 3 is 1.60 bits per heavy atom. The summed E-state index contributed by atoms with van der Waals surface area (Å²) in [5.41, 5.74) is 4.59. The molecular formula is C40H60S2Si. The zero-order chi connectivity index (χ0) is 31.7. The Balaban J connectivity index is 2.36. The fourth-order valence-electron chi connectivity index (χ4n) is 7.58. The summed E-state index contributed by atoms with van der Waals surface area (Å²) in [5, 5.41) is 2.72. The smallest absolute Gasteiger partial charge is 0.107 e. The molecule has 2 heterocycles. The summed E-state index contributed by atoms with van der Waals surface area (Å²) >= 11 is 4.01. The summed E-state index contributed by atoms with van der Waals surface area (Å²) in [4.78, 5) is 1.36. The minimum atomic E-state index is -1.82. The SMILES string of the molecule is CCCCCCC(C#Cc1c2cc(C)sc2c(C#CC(CC)CCCC)c2cc([Si](C(C)C)(C(C)C)C(C)C)sc12)CC. The van der Waals surface area contributed by atoms with E-state index in [1.165, 1.54) is 87.5 Å². The molecule has 0 spiro atoms. The van der Waals surface area contributed by atoms with Crippen molar-refractivity contribution in [1.29, 1.82) is 0 Å². The van der Waals surface area contributed by atoms with Gasteiger partial charge in [-0.2, -0.15) is 0 Å². The monoisotopic (exact) mass is 632 g/mol. The highest BCUT2D eigenvalue weighted by atomic mass is 32.1. The summed E-state index contributed by atoms with van der Waals surface area (Å²) in [6, 6.07) is 5.02. The van der Waals surface area contributed by atoms with E-state index in [0.717, 1.165) is 12.8 Å². The van der Waals surface area contributed by atoms with Crippen molar-refractivity contribution in [3.8, 4) is 23.7 Å². The van der Waals surface area contributed by atoms with E-state index in [0.29, 0.717) is 28.5 Å². The third-order valence-electron chi connectivity index (χ3n) is 9.97. The van der Waals surface area contributed by atoms with E-state index in [-0.39, 0.29) is 0 Å². The van der Waals surface area contributed by atoms with Crippen molar-refractivity contribution < 1.29 is 0 Å². The predicted molar refractivity (Wildman–Crippen MR) is 202 cm³/mol. The van der Waals surface area contributed by atoms with E-state index in [4.69, 9.17) is 0 Å². The lowest BCUT2D eigenvalue weighted by Crippen LogP contribution is -2.54. The van der Waals surface area contributed by atoms with Crippen LogP contribution in [-0.2, 0) is 0 Å². The van der Waals surface area contributed by atoms with Crippen molar-refractivity contribution in [1.82, 2.24) is 0 Å². The Morgan fingerprint density at radius 2 is 1.12 bits per heavy atom. The molecule has 1 aromatic carbocycles. The molecular weight excluding hydrogens is 573 g/mol. The summed E-state index contributed by atoms with van der Waals surface area (Å²) in [6.07, 6.45) is 12.4. The van der Waals surface area contributed by atoms with Crippen LogP contribution in [0.5, 0.6) is 0 Å². The number of hydrogen-bond acceptors (Lipinski definition) is 2. The van der Waals surface area contributed by atoms with Gasteiger partial charge in [-0.1, -0.05) is 131 Å². The van der Waals surface area contributed by atoms with Gasteiger partial charge in [0.15, 0.2) is 0 Å². The fourth-order valence-corrected chi connectivity index (χ4v) is 18.8. The number of aryl methyl sites for hydroxylation is 1. The van der Waals surface area contributed by atoms with Crippen LogP contribution in [0.3, 0.4) is 0 Å². The van der Waals surface area contributed by atoms with Gasteiger partial charge < -0.3 is 0 Å². The van der Waals surface area contributed by atoms with Crippen molar-refractivity contribution in [2.75, 3.05) is 0 Å². The van der Waals surface area contributed by atoms with Gasteiger partial charge >= 0.3 is 0 Å². The molecule has 0 aliphatic heterocycles. The molecule has 0 N–H and O–H groups in total. The molecule has 0 saturated carbocycles. The summed E-state index contributed by atoms with van der Waals surface area (Å²) in [5.74, 6) is 16.2. The van der Waals surface area contributed by atoms with Crippen molar-refractivity contribution in [2.45, 2.75) is 157 Å². The normalized spacial score (nSPS) is 13.5. The fraction of sp³-hybridized carbons (Fsp3) is 0.650. The van der Waals surface area contributed by atoms with Crippen LogP contribution in [0.2, 0.25) is 16.6 Å². The molecule has 2 atom stereocenters. The molecule has 0 saturated heterocycles. The van der Waals surface area contributed by atoms with Crippen LogP contribution in [0.25, 0.3) is 20.2 Å². The highest BCUT2D eigenvalue weighted by Gasteiger charge is 2.45. The van der Waals surface area contributed by atoms with E-state index in [9.17, 15) is 0 Å². The zero-order valence-electron chi connectivity index (χ0n) is 29.4. The maximum atomic E-state index is 3.85. The van der Waals surface area contributed by atoms with Gasteiger partial charge in [-0.3, -0.25) is 0 Å². The molecule has 3 rings (SSSR count). The predicted octanol–water partition coefficient (Wildman–Crippen LogP) is 13.2. The minimum Gasteiger partial charge on any atom is -0.144 e. The molecule has 2 unspecified atom stereocenters. The maximum Gasteiger partial charge on any atom is 0.107 e. The van der Waals surface area contributed by atoms with Crippen molar-refractivity contribution in [2.24, 2.45) is 11.8 Å². The molecule has 0 radical (unpaired) electrons. The van der Waals surface area contributed by atoms with Gasteiger partial charge in [0.05, 0.1) is 20.5 Å². The quantitative estimate of drug-likeness (QED) is 0.0942. The van der Waals surface area contributed by atoms with Gasteiger partial charge in [0, 0.05) is 27.5 Å². The first-order valence-corrected chi connectivity index (χ1v) is 21.5. The molecule has 0 amide bonds. The average molecular weight is 633 g/mol. The average Bonchev–Trinajstić information content (AvgIpc) is 3.56. The lowest BCUT2D eigenvalue weighted by molar-refractivity contribution is 0.531. The number of hydrogen-bond donors (Lipinski definition) is 0. The summed E-state index contributed by atoms with van der Waals surface area (Å²) in [6.45, 7) is 26.4. The first-order valence-electron chi connectivity index (χ1n) is 17.6. The Hall–Kier alpha value is -1.52. The molecule has 236 valence electrons. The Labute approximate surface area is 274 Å². The molecule has 2 aromatic heterocycles. The number of rotatable bonds is 14. The highest BCUT2D eigenvalue weighted by Crippen LogP contribution is 2.46. The first-order chi connectivity index (χ1) is 20.6. The molecule has 3 heteroatoms. The summed E-state index contributed by atoms with van der Waals surface area (Å²) in [7, 11) is -1.82. The van der Waals surface area contributed by atoms with Crippen molar-refractivity contribution >= 4 is 55.4 Å². The Kier molecular flexibility index (Phi) is 14.0. The zero-order valence-corrected chi connectivity index (χ0v) is 32.1. The second kappa shape index (κ2) is 16.7. The number of unbranched alkanes of at least 4 members (excludes halogenated alkanes) is 4. The van der Waals surface area contributed by atoms with E-state index in [1.807, 2.05) is 11.3 Å². The van der Waals surface area contributed by atoms with Gasteiger partial charge in [0.25, 0.3) is 0 Å².